The Balaban J connectivity index is 1.80. The Bertz CT molecular complexity index is 861. The van der Waals surface area contributed by atoms with E-state index in [1.54, 1.807) is 24.3 Å². The molecule has 0 aromatic heterocycles. The summed E-state index contributed by atoms with van der Waals surface area (Å²) in [6.45, 7) is 1.59. The highest BCUT2D eigenvalue weighted by Gasteiger charge is 2.26. The van der Waals surface area contributed by atoms with Gasteiger partial charge in [-0.2, -0.15) is 0 Å². The van der Waals surface area contributed by atoms with E-state index in [2.05, 4.69) is 10.0 Å². The summed E-state index contributed by atoms with van der Waals surface area (Å²) < 4.78 is 25.1. The van der Waals surface area contributed by atoms with Gasteiger partial charge in [0.1, 0.15) is 6.04 Å². The van der Waals surface area contributed by atoms with E-state index < -0.39 is 16.1 Å². The molecule has 3 rings (SSSR count). The van der Waals surface area contributed by atoms with Crippen LogP contribution in [0.1, 0.15) is 30.9 Å². The van der Waals surface area contributed by atoms with Crippen molar-refractivity contribution in [1.29, 1.82) is 0 Å². The molecule has 1 fully saturated rings. The van der Waals surface area contributed by atoms with Crippen molar-refractivity contribution < 1.29 is 13.2 Å². The molecule has 1 unspecified atom stereocenters. The van der Waals surface area contributed by atoms with E-state index in [-0.39, 0.29) is 5.91 Å². The summed E-state index contributed by atoms with van der Waals surface area (Å²) in [7, 11) is -3.32. The third-order valence-corrected chi connectivity index (χ3v) is 5.15. The number of anilines is 2. The molecule has 2 aromatic carbocycles. The third kappa shape index (κ3) is 5.47. The van der Waals surface area contributed by atoms with Crippen LogP contribution < -0.4 is 10.0 Å². The van der Waals surface area contributed by atoms with Gasteiger partial charge in [0.2, 0.25) is 15.9 Å². The fourth-order valence-electron chi connectivity index (χ4n) is 3.25. The number of sulfonamides is 1. The van der Waals surface area contributed by atoms with Crippen LogP contribution in [0.25, 0.3) is 0 Å². The highest BCUT2D eigenvalue weighted by Crippen LogP contribution is 2.25. The lowest BCUT2D eigenvalue weighted by Crippen LogP contribution is -2.41. The Morgan fingerprint density at radius 2 is 1.52 bits per heavy atom. The van der Waals surface area contributed by atoms with Crippen molar-refractivity contribution in [3.63, 3.8) is 0 Å². The molecule has 1 heterocycles. The molecule has 0 aliphatic carbocycles. The molecule has 2 aromatic rings. The molecule has 0 radical (unpaired) electrons. The predicted molar refractivity (Wildman–Crippen MR) is 108 cm³/mol. The molecule has 6 nitrogen and oxygen atoms in total. The van der Waals surface area contributed by atoms with Crippen LogP contribution in [0.3, 0.4) is 0 Å². The van der Waals surface area contributed by atoms with Gasteiger partial charge in [0, 0.05) is 24.5 Å². The minimum atomic E-state index is -3.32. The van der Waals surface area contributed by atoms with Gasteiger partial charge in [0.15, 0.2) is 0 Å². The van der Waals surface area contributed by atoms with Gasteiger partial charge in [-0.05, 0) is 49.1 Å². The van der Waals surface area contributed by atoms with Gasteiger partial charge in [-0.3, -0.25) is 9.52 Å². The first-order valence-electron chi connectivity index (χ1n) is 9.10. The van der Waals surface area contributed by atoms with Gasteiger partial charge in [-0.25, -0.2) is 8.42 Å². The maximum absolute atomic E-state index is 13.1. The zero-order chi connectivity index (χ0) is 19.3. The van der Waals surface area contributed by atoms with E-state index in [1.165, 1.54) is 6.42 Å². The van der Waals surface area contributed by atoms with Gasteiger partial charge in [0.25, 0.3) is 0 Å². The molecule has 1 aliphatic heterocycles. The van der Waals surface area contributed by atoms with Crippen LogP contribution in [-0.2, 0) is 14.8 Å². The van der Waals surface area contributed by atoms with Crippen LogP contribution in [-0.4, -0.2) is 38.6 Å². The zero-order valence-electron chi connectivity index (χ0n) is 15.4. The van der Waals surface area contributed by atoms with Crippen molar-refractivity contribution in [3.05, 3.63) is 60.2 Å². The summed E-state index contributed by atoms with van der Waals surface area (Å²) in [5, 5.41) is 3.31. The van der Waals surface area contributed by atoms with Gasteiger partial charge in [-0.15, -0.1) is 0 Å². The Morgan fingerprint density at radius 1 is 0.926 bits per heavy atom. The Hall–Kier alpha value is -2.54. The summed E-state index contributed by atoms with van der Waals surface area (Å²) in [5.41, 5.74) is 2.15. The average molecular weight is 388 g/mol. The number of hydrogen-bond acceptors (Lipinski definition) is 4. The molecule has 144 valence electrons. The predicted octanol–water partition coefficient (Wildman–Crippen LogP) is 3.22. The minimum Gasteiger partial charge on any atom is -0.370 e. The van der Waals surface area contributed by atoms with E-state index in [4.69, 9.17) is 0 Å². The van der Waals surface area contributed by atoms with Gasteiger partial charge < -0.3 is 10.2 Å². The number of hydrogen-bond donors (Lipinski definition) is 2. The summed E-state index contributed by atoms with van der Waals surface area (Å²) in [5.74, 6) is 0.0687. The lowest BCUT2D eigenvalue weighted by molar-refractivity contribution is -0.133. The van der Waals surface area contributed by atoms with E-state index in [1.807, 2.05) is 35.2 Å². The second kappa shape index (κ2) is 8.43. The second-order valence-corrected chi connectivity index (χ2v) is 8.57. The second-order valence-electron chi connectivity index (χ2n) is 6.83. The van der Waals surface area contributed by atoms with Crippen LogP contribution >= 0.6 is 0 Å². The normalized spacial score (nSPS) is 15.8. The fourth-order valence-corrected chi connectivity index (χ4v) is 3.81. The van der Waals surface area contributed by atoms with Crippen LogP contribution in [0.4, 0.5) is 11.4 Å². The number of nitrogens with one attached hydrogen (secondary N) is 2. The van der Waals surface area contributed by atoms with E-state index in [9.17, 15) is 13.2 Å². The average Bonchev–Trinajstić information content (AvgIpc) is 2.67. The van der Waals surface area contributed by atoms with Gasteiger partial charge >= 0.3 is 0 Å². The molecule has 0 saturated carbocycles. The quantitative estimate of drug-likeness (QED) is 0.798. The third-order valence-electron chi connectivity index (χ3n) is 4.55. The van der Waals surface area contributed by atoms with E-state index in [0.29, 0.717) is 5.69 Å². The van der Waals surface area contributed by atoms with Crippen molar-refractivity contribution in [2.75, 3.05) is 29.4 Å². The Kier molecular flexibility index (Phi) is 6.01. The van der Waals surface area contributed by atoms with Crippen molar-refractivity contribution in [3.8, 4) is 0 Å². The highest BCUT2D eigenvalue weighted by atomic mass is 32.2. The highest BCUT2D eigenvalue weighted by molar-refractivity contribution is 7.92. The number of likely N-dealkylation sites (tertiary alicyclic amines) is 1. The lowest BCUT2D eigenvalue weighted by Gasteiger charge is -2.31. The molecule has 1 aliphatic rings. The van der Waals surface area contributed by atoms with Crippen LogP contribution in [0.15, 0.2) is 54.6 Å². The van der Waals surface area contributed by atoms with Crippen LogP contribution in [0.2, 0.25) is 0 Å². The van der Waals surface area contributed by atoms with Crippen molar-refractivity contribution in [2.45, 2.75) is 25.3 Å². The van der Waals surface area contributed by atoms with Crippen molar-refractivity contribution >= 4 is 27.3 Å². The molecule has 2 N–H and O–H groups in total. The number of nitrogens with zero attached hydrogens (tertiary/aromatic N) is 1. The molecule has 7 heteroatoms. The molecule has 1 amide bonds. The Morgan fingerprint density at radius 3 is 2.11 bits per heavy atom. The zero-order valence-corrected chi connectivity index (χ0v) is 16.2. The molecular weight excluding hydrogens is 362 g/mol. The standard InChI is InChI=1S/C20H25N3O3S/c1-27(25,26)22-18-12-10-17(11-13-18)21-19(16-8-4-2-5-9-16)20(24)23-14-6-3-7-15-23/h2,4-5,8-13,19,21-22H,3,6-7,14-15H2,1H3. The van der Waals surface area contributed by atoms with Gasteiger partial charge in [-0.1, -0.05) is 30.3 Å². The monoisotopic (exact) mass is 387 g/mol. The number of benzene rings is 2. The van der Waals surface area contributed by atoms with Gasteiger partial charge in [0.05, 0.1) is 6.26 Å². The van der Waals surface area contributed by atoms with E-state index in [0.717, 1.165) is 43.4 Å². The summed E-state index contributed by atoms with van der Waals surface area (Å²) in [6, 6.07) is 16.1. The largest absolute Gasteiger partial charge is 0.370 e. The summed E-state index contributed by atoms with van der Waals surface area (Å²) in [6.07, 6.45) is 4.36. The lowest BCUT2D eigenvalue weighted by atomic mass is 10.0. The first kappa shape index (κ1) is 19.2. The topological polar surface area (TPSA) is 78.5 Å². The first-order chi connectivity index (χ1) is 12.9. The summed E-state index contributed by atoms with van der Waals surface area (Å²) >= 11 is 0. The molecule has 0 spiro atoms. The number of amides is 1. The van der Waals surface area contributed by atoms with Crippen LogP contribution in [0, 0.1) is 0 Å². The molecule has 0 bridgehead atoms. The SMILES string of the molecule is CS(=O)(=O)Nc1ccc(NC(C(=O)N2CCCCC2)c2ccccc2)cc1. The maximum atomic E-state index is 13.1. The van der Waals surface area contributed by atoms with Crippen molar-refractivity contribution in [1.82, 2.24) is 4.90 Å². The summed E-state index contributed by atoms with van der Waals surface area (Å²) in [4.78, 5) is 15.1. The van der Waals surface area contributed by atoms with E-state index >= 15 is 0 Å². The molecule has 27 heavy (non-hydrogen) atoms. The number of carbonyl (C=O) groups excluding carboxylic acids is 1. The molecule has 1 atom stereocenters. The number of rotatable bonds is 6. The van der Waals surface area contributed by atoms with Crippen LogP contribution in [0.5, 0.6) is 0 Å². The molecular formula is C20H25N3O3S. The smallest absolute Gasteiger partial charge is 0.249 e. The first-order valence-corrected chi connectivity index (χ1v) is 11.0. The minimum absolute atomic E-state index is 0.0687. The molecule has 1 saturated heterocycles. The maximum Gasteiger partial charge on any atom is 0.249 e. The Labute approximate surface area is 160 Å². The number of piperidine rings is 1. The fraction of sp³-hybridized carbons (Fsp3) is 0.350. The van der Waals surface area contributed by atoms with Crippen molar-refractivity contribution in [2.24, 2.45) is 0 Å². The number of carbonyl (C=O) groups is 1.